The molecule has 208 valence electrons. The number of hydrogen-bond donors (Lipinski definition) is 0. The maximum Gasteiger partial charge on any atom is 0.416 e. The highest BCUT2D eigenvalue weighted by Crippen LogP contribution is 2.44. The smallest absolute Gasteiger partial charge is 0.416 e. The van der Waals surface area contributed by atoms with Gasteiger partial charge in [0, 0.05) is 16.5 Å². The SMILES string of the molecule is CC(C)(C)[Si](C)(C)Oc1ccccc1-c1nc2c3ccccc3c3ccccc3c2n1-c1ccc(C(F)(F)F)cc1. The number of halogens is 3. The molecule has 0 aliphatic rings. The Labute approximate surface area is 238 Å². The van der Waals surface area contributed by atoms with Gasteiger partial charge in [0.15, 0.2) is 0 Å². The molecular formula is C34H31F3N2OSi. The minimum absolute atomic E-state index is 0.0277. The van der Waals surface area contributed by atoms with Crippen LogP contribution in [0.4, 0.5) is 13.2 Å². The predicted octanol–water partition coefficient (Wildman–Crippen LogP) is 10.4. The molecule has 7 heteroatoms. The van der Waals surface area contributed by atoms with Gasteiger partial charge in [-0.2, -0.15) is 13.2 Å². The number of nitrogens with zero attached hydrogens (tertiary/aromatic N) is 2. The zero-order valence-corrected chi connectivity index (χ0v) is 24.7. The Morgan fingerprint density at radius 3 is 1.83 bits per heavy atom. The minimum atomic E-state index is -4.43. The predicted molar refractivity (Wildman–Crippen MR) is 164 cm³/mol. The van der Waals surface area contributed by atoms with Crippen molar-refractivity contribution in [1.29, 1.82) is 0 Å². The van der Waals surface area contributed by atoms with E-state index in [1.807, 2.05) is 59.2 Å². The molecule has 0 N–H and O–H groups in total. The molecule has 0 amide bonds. The Bertz CT molecular complexity index is 1920. The first kappa shape index (κ1) is 27.1. The normalized spacial score (nSPS) is 12.9. The van der Waals surface area contributed by atoms with Crippen molar-refractivity contribution in [3.63, 3.8) is 0 Å². The molecule has 3 nitrogen and oxygen atoms in total. The standard InChI is InChI=1S/C34H31F3N2OSi/c1-33(2,3)41(4,5)40-29-17-11-10-16-28(29)32-38-30-26-14-8-6-12-24(26)25-13-7-9-15-27(25)31(30)39(32)23-20-18-22(19-21-23)34(35,36)37/h6-21H,1-5H3. The van der Waals surface area contributed by atoms with E-state index in [9.17, 15) is 13.2 Å². The van der Waals surface area contributed by atoms with Crippen LogP contribution in [0.25, 0.3) is 49.7 Å². The topological polar surface area (TPSA) is 27.1 Å². The van der Waals surface area contributed by atoms with E-state index in [0.29, 0.717) is 11.5 Å². The molecule has 0 aliphatic carbocycles. The van der Waals surface area contributed by atoms with Crippen LogP contribution < -0.4 is 4.43 Å². The van der Waals surface area contributed by atoms with E-state index >= 15 is 0 Å². The number of rotatable bonds is 4. The fourth-order valence-corrected chi connectivity index (χ4v) is 6.14. The monoisotopic (exact) mass is 568 g/mol. The lowest BCUT2D eigenvalue weighted by atomic mass is 10.00. The molecule has 0 fully saturated rings. The van der Waals surface area contributed by atoms with Crippen LogP contribution in [-0.2, 0) is 6.18 Å². The van der Waals surface area contributed by atoms with Gasteiger partial charge >= 0.3 is 6.18 Å². The fourth-order valence-electron chi connectivity index (χ4n) is 5.11. The summed E-state index contributed by atoms with van der Waals surface area (Å²) in [6.07, 6.45) is -4.43. The highest BCUT2D eigenvalue weighted by Gasteiger charge is 2.39. The third kappa shape index (κ3) is 4.58. The molecular weight excluding hydrogens is 537 g/mol. The zero-order valence-electron chi connectivity index (χ0n) is 23.7. The quantitative estimate of drug-likeness (QED) is 0.156. The fraction of sp³-hybridized carbons (Fsp3) is 0.206. The van der Waals surface area contributed by atoms with Crippen molar-refractivity contribution < 1.29 is 17.6 Å². The summed E-state index contributed by atoms with van der Waals surface area (Å²) in [6.45, 7) is 11.0. The van der Waals surface area contributed by atoms with Crippen LogP contribution in [0, 0.1) is 0 Å². The Kier molecular flexibility index (Phi) is 6.26. The number of imidazole rings is 1. The van der Waals surface area contributed by atoms with E-state index < -0.39 is 20.1 Å². The zero-order chi connectivity index (χ0) is 29.2. The molecule has 1 heterocycles. The first-order valence-electron chi connectivity index (χ1n) is 13.6. The number of alkyl halides is 3. The highest BCUT2D eigenvalue weighted by atomic mass is 28.4. The Balaban J connectivity index is 1.72. The average molecular weight is 569 g/mol. The van der Waals surface area contributed by atoms with Gasteiger partial charge in [0.1, 0.15) is 11.6 Å². The van der Waals surface area contributed by atoms with E-state index in [2.05, 4.69) is 52.1 Å². The molecule has 1 aromatic heterocycles. The number of para-hydroxylation sites is 1. The molecule has 6 aromatic rings. The lowest BCUT2D eigenvalue weighted by Crippen LogP contribution is -2.44. The molecule has 0 saturated carbocycles. The van der Waals surface area contributed by atoms with Crippen molar-refractivity contribution in [3.8, 4) is 22.8 Å². The molecule has 6 rings (SSSR count). The van der Waals surface area contributed by atoms with Gasteiger partial charge in [0.25, 0.3) is 8.32 Å². The van der Waals surface area contributed by atoms with Gasteiger partial charge in [-0.1, -0.05) is 81.4 Å². The lowest BCUT2D eigenvalue weighted by molar-refractivity contribution is -0.137. The average Bonchev–Trinajstić information content (AvgIpc) is 3.33. The second kappa shape index (κ2) is 9.48. The molecule has 0 saturated heterocycles. The van der Waals surface area contributed by atoms with Crippen molar-refractivity contribution >= 4 is 40.9 Å². The second-order valence-corrected chi connectivity index (χ2v) is 16.7. The molecule has 5 aromatic carbocycles. The van der Waals surface area contributed by atoms with Gasteiger partial charge in [0.05, 0.1) is 22.2 Å². The summed E-state index contributed by atoms with van der Waals surface area (Å²) in [7, 11) is -2.22. The number of hydrogen-bond acceptors (Lipinski definition) is 2. The van der Waals surface area contributed by atoms with Gasteiger partial charge in [-0.05, 0) is 65.3 Å². The van der Waals surface area contributed by atoms with Gasteiger partial charge in [-0.3, -0.25) is 4.57 Å². The molecule has 0 spiro atoms. The van der Waals surface area contributed by atoms with Crippen LogP contribution in [0.5, 0.6) is 5.75 Å². The molecule has 0 atom stereocenters. The van der Waals surface area contributed by atoms with E-state index in [1.54, 1.807) is 0 Å². The number of aromatic nitrogens is 2. The van der Waals surface area contributed by atoms with Crippen LogP contribution in [0.3, 0.4) is 0 Å². The molecule has 0 unspecified atom stereocenters. The summed E-state index contributed by atoms with van der Waals surface area (Å²) in [6, 6.07) is 29.4. The number of benzene rings is 5. The van der Waals surface area contributed by atoms with Gasteiger partial charge in [0.2, 0.25) is 0 Å². The van der Waals surface area contributed by atoms with Crippen molar-refractivity contribution in [1.82, 2.24) is 9.55 Å². The lowest BCUT2D eigenvalue weighted by Gasteiger charge is -2.37. The summed E-state index contributed by atoms with van der Waals surface area (Å²) in [5, 5.41) is 4.06. The maximum atomic E-state index is 13.5. The summed E-state index contributed by atoms with van der Waals surface area (Å²) in [5.74, 6) is 1.34. The van der Waals surface area contributed by atoms with Crippen LogP contribution in [0.2, 0.25) is 18.1 Å². The van der Waals surface area contributed by atoms with Crippen LogP contribution in [-0.4, -0.2) is 17.9 Å². The second-order valence-electron chi connectivity index (χ2n) is 12.0. The van der Waals surface area contributed by atoms with Crippen molar-refractivity contribution in [3.05, 3.63) is 103 Å². The van der Waals surface area contributed by atoms with Crippen LogP contribution in [0.15, 0.2) is 97.1 Å². The summed E-state index contributed by atoms with van der Waals surface area (Å²) >= 11 is 0. The maximum absolute atomic E-state index is 13.5. The largest absolute Gasteiger partial charge is 0.543 e. The summed E-state index contributed by atoms with van der Waals surface area (Å²) < 4.78 is 49.3. The van der Waals surface area contributed by atoms with Crippen LogP contribution >= 0.6 is 0 Å². The summed E-state index contributed by atoms with van der Waals surface area (Å²) in [4.78, 5) is 5.24. The van der Waals surface area contributed by atoms with Crippen molar-refractivity contribution in [2.75, 3.05) is 0 Å². The minimum Gasteiger partial charge on any atom is -0.543 e. The van der Waals surface area contributed by atoms with E-state index in [4.69, 9.17) is 9.41 Å². The summed E-state index contributed by atoms with van der Waals surface area (Å²) in [5.41, 5.74) is 2.33. The molecule has 0 aliphatic heterocycles. The van der Waals surface area contributed by atoms with Gasteiger partial charge < -0.3 is 4.43 Å². The Hall–Kier alpha value is -4.10. The van der Waals surface area contributed by atoms with Crippen LogP contribution in [0.1, 0.15) is 26.3 Å². The van der Waals surface area contributed by atoms with Crippen molar-refractivity contribution in [2.45, 2.75) is 45.1 Å². The first-order chi connectivity index (χ1) is 19.4. The Morgan fingerprint density at radius 2 is 1.22 bits per heavy atom. The van der Waals surface area contributed by atoms with Gasteiger partial charge in [-0.15, -0.1) is 0 Å². The van der Waals surface area contributed by atoms with Gasteiger partial charge in [-0.25, -0.2) is 4.98 Å². The number of fused-ring (bicyclic) bond motifs is 6. The first-order valence-corrected chi connectivity index (χ1v) is 16.6. The van der Waals surface area contributed by atoms with E-state index in [-0.39, 0.29) is 5.04 Å². The molecule has 0 bridgehead atoms. The highest BCUT2D eigenvalue weighted by molar-refractivity contribution is 6.74. The Morgan fingerprint density at radius 1 is 0.683 bits per heavy atom. The third-order valence-corrected chi connectivity index (χ3v) is 12.6. The third-order valence-electron chi connectivity index (χ3n) is 8.28. The van der Waals surface area contributed by atoms with Crippen molar-refractivity contribution in [2.24, 2.45) is 0 Å². The molecule has 41 heavy (non-hydrogen) atoms. The van der Waals surface area contributed by atoms with E-state index in [1.165, 1.54) is 12.1 Å². The molecule has 0 radical (unpaired) electrons. The van der Waals surface area contributed by atoms with E-state index in [0.717, 1.165) is 56.0 Å².